The minimum atomic E-state index is -0.226. The van der Waals surface area contributed by atoms with E-state index in [9.17, 15) is 9.59 Å². The number of likely N-dealkylation sites (N-methyl/N-ethyl adjacent to an activating group) is 1. The van der Waals surface area contributed by atoms with Gasteiger partial charge in [-0.2, -0.15) is 0 Å². The molecular formula is C14H19ClN4O2. The number of nitrogens with two attached hydrogens (primary N) is 1. The zero-order chi connectivity index (χ0) is 15.4. The molecule has 0 bridgehead atoms. The van der Waals surface area contributed by atoms with Gasteiger partial charge in [0.1, 0.15) is 0 Å². The first-order valence-corrected chi connectivity index (χ1v) is 7.19. The molecule has 6 nitrogen and oxygen atoms in total. The fraction of sp³-hybridized carbons (Fsp3) is 0.429. The van der Waals surface area contributed by atoms with Crippen LogP contribution in [0.15, 0.2) is 18.2 Å². The highest BCUT2D eigenvalue weighted by Gasteiger charge is 2.31. The average molecular weight is 311 g/mol. The van der Waals surface area contributed by atoms with Gasteiger partial charge in [-0.1, -0.05) is 11.6 Å². The van der Waals surface area contributed by atoms with Crippen LogP contribution in [0, 0.1) is 0 Å². The second-order valence-corrected chi connectivity index (χ2v) is 5.43. The Labute approximate surface area is 128 Å². The fourth-order valence-electron chi connectivity index (χ4n) is 2.49. The molecule has 0 aliphatic carbocycles. The van der Waals surface area contributed by atoms with Crippen molar-refractivity contribution in [3.05, 3.63) is 23.2 Å². The van der Waals surface area contributed by atoms with E-state index in [-0.39, 0.29) is 24.4 Å². The Morgan fingerprint density at radius 2 is 2.24 bits per heavy atom. The van der Waals surface area contributed by atoms with Crippen LogP contribution in [0.2, 0.25) is 5.02 Å². The highest BCUT2D eigenvalue weighted by atomic mass is 35.5. The van der Waals surface area contributed by atoms with E-state index in [0.29, 0.717) is 16.4 Å². The molecule has 1 fully saturated rings. The quantitative estimate of drug-likeness (QED) is 0.726. The van der Waals surface area contributed by atoms with Gasteiger partial charge in [0.15, 0.2) is 0 Å². The molecule has 0 radical (unpaired) electrons. The smallest absolute Gasteiger partial charge is 0.238 e. The molecule has 0 saturated carbocycles. The first-order chi connectivity index (χ1) is 10.0. The predicted molar refractivity (Wildman–Crippen MR) is 83.2 cm³/mol. The van der Waals surface area contributed by atoms with Crippen molar-refractivity contribution >= 4 is 34.8 Å². The van der Waals surface area contributed by atoms with Crippen LogP contribution in [-0.2, 0) is 9.59 Å². The molecule has 114 valence electrons. The van der Waals surface area contributed by atoms with Crippen molar-refractivity contribution < 1.29 is 9.59 Å². The lowest BCUT2D eigenvalue weighted by atomic mass is 10.2. The predicted octanol–water partition coefficient (Wildman–Crippen LogP) is 1.07. The fourth-order valence-corrected chi connectivity index (χ4v) is 2.60. The number of benzene rings is 1. The number of anilines is 2. The highest BCUT2D eigenvalue weighted by Crippen LogP contribution is 2.22. The summed E-state index contributed by atoms with van der Waals surface area (Å²) in [6.07, 6.45) is 1.69. The Bertz CT molecular complexity index is 550. The average Bonchev–Trinajstić information content (AvgIpc) is 2.90. The van der Waals surface area contributed by atoms with Crippen molar-refractivity contribution in [3.8, 4) is 0 Å². The first kappa shape index (κ1) is 15.6. The number of likely N-dealkylation sites (tertiary alicyclic amines) is 1. The number of hydrogen-bond acceptors (Lipinski definition) is 4. The van der Waals surface area contributed by atoms with Crippen LogP contribution in [0.1, 0.15) is 12.8 Å². The largest absolute Gasteiger partial charge is 0.397 e. The minimum Gasteiger partial charge on any atom is -0.397 e. The van der Waals surface area contributed by atoms with E-state index in [1.807, 2.05) is 4.90 Å². The van der Waals surface area contributed by atoms with Crippen LogP contribution in [0.3, 0.4) is 0 Å². The molecule has 0 aromatic heterocycles. The summed E-state index contributed by atoms with van der Waals surface area (Å²) in [5, 5.41) is 5.84. The number of nitrogens with zero attached hydrogens (tertiary/aromatic N) is 1. The summed E-state index contributed by atoms with van der Waals surface area (Å²) in [5.41, 5.74) is 6.70. The number of hydrogen-bond donors (Lipinski definition) is 3. The van der Waals surface area contributed by atoms with Gasteiger partial charge in [0, 0.05) is 12.7 Å². The lowest BCUT2D eigenvalue weighted by molar-refractivity contribution is -0.126. The minimum absolute atomic E-state index is 0.0453. The summed E-state index contributed by atoms with van der Waals surface area (Å²) in [6.45, 7) is 0.925. The Morgan fingerprint density at radius 1 is 1.48 bits per heavy atom. The van der Waals surface area contributed by atoms with Crippen molar-refractivity contribution in [2.24, 2.45) is 0 Å². The van der Waals surface area contributed by atoms with E-state index in [4.69, 9.17) is 17.3 Å². The molecule has 1 aliphatic rings. The second kappa shape index (κ2) is 6.78. The summed E-state index contributed by atoms with van der Waals surface area (Å²) in [7, 11) is 1.61. The molecule has 2 rings (SSSR count). The number of halogens is 1. The van der Waals surface area contributed by atoms with Crippen molar-refractivity contribution in [2.45, 2.75) is 18.9 Å². The number of rotatable bonds is 4. The molecule has 1 aliphatic heterocycles. The summed E-state index contributed by atoms with van der Waals surface area (Å²) in [5.74, 6) is -0.219. The summed E-state index contributed by atoms with van der Waals surface area (Å²) in [6, 6.07) is 4.71. The highest BCUT2D eigenvalue weighted by molar-refractivity contribution is 6.33. The first-order valence-electron chi connectivity index (χ1n) is 6.82. The van der Waals surface area contributed by atoms with Crippen LogP contribution < -0.4 is 16.4 Å². The van der Waals surface area contributed by atoms with Gasteiger partial charge in [-0.15, -0.1) is 0 Å². The van der Waals surface area contributed by atoms with E-state index >= 15 is 0 Å². The molecule has 1 saturated heterocycles. The third kappa shape index (κ3) is 3.86. The van der Waals surface area contributed by atoms with E-state index < -0.39 is 0 Å². The van der Waals surface area contributed by atoms with Gasteiger partial charge in [-0.25, -0.2) is 0 Å². The molecule has 1 aromatic rings. The van der Waals surface area contributed by atoms with Crippen LogP contribution >= 0.6 is 11.6 Å². The molecule has 1 aromatic carbocycles. The number of carbonyl (C=O) groups excluding carboxylic acids is 2. The SMILES string of the molecule is CNC(=O)C1CCCN1CC(=O)Nc1ccc(Cl)c(N)c1. The maximum absolute atomic E-state index is 12.1. The summed E-state index contributed by atoms with van der Waals surface area (Å²) in [4.78, 5) is 25.7. The monoisotopic (exact) mass is 310 g/mol. The van der Waals surface area contributed by atoms with Gasteiger partial charge >= 0.3 is 0 Å². The van der Waals surface area contributed by atoms with Crippen molar-refractivity contribution in [2.75, 3.05) is 31.2 Å². The van der Waals surface area contributed by atoms with Crippen molar-refractivity contribution in [1.82, 2.24) is 10.2 Å². The van der Waals surface area contributed by atoms with Gasteiger partial charge in [-0.3, -0.25) is 14.5 Å². The summed E-state index contributed by atoms with van der Waals surface area (Å²) >= 11 is 5.83. The van der Waals surface area contributed by atoms with Crippen LogP contribution in [-0.4, -0.2) is 42.9 Å². The van der Waals surface area contributed by atoms with Gasteiger partial charge in [0.25, 0.3) is 0 Å². The number of nitrogen functional groups attached to an aromatic ring is 1. The Balaban J connectivity index is 1.95. The molecule has 1 atom stereocenters. The van der Waals surface area contributed by atoms with Gasteiger partial charge in [0.05, 0.1) is 23.3 Å². The molecule has 0 spiro atoms. The number of amides is 2. The maximum atomic E-state index is 12.1. The summed E-state index contributed by atoms with van der Waals surface area (Å²) < 4.78 is 0. The molecule has 1 heterocycles. The van der Waals surface area contributed by atoms with E-state index in [0.717, 1.165) is 19.4 Å². The third-order valence-corrected chi connectivity index (χ3v) is 3.88. The molecule has 4 N–H and O–H groups in total. The van der Waals surface area contributed by atoms with Gasteiger partial charge in [-0.05, 0) is 37.6 Å². The Hall–Kier alpha value is -1.79. The van der Waals surface area contributed by atoms with Crippen molar-refractivity contribution in [1.29, 1.82) is 0 Å². The molecule has 21 heavy (non-hydrogen) atoms. The zero-order valence-electron chi connectivity index (χ0n) is 11.9. The maximum Gasteiger partial charge on any atom is 0.238 e. The van der Waals surface area contributed by atoms with Crippen LogP contribution in [0.4, 0.5) is 11.4 Å². The second-order valence-electron chi connectivity index (χ2n) is 5.03. The topological polar surface area (TPSA) is 87.5 Å². The lowest BCUT2D eigenvalue weighted by Gasteiger charge is -2.22. The Morgan fingerprint density at radius 3 is 2.90 bits per heavy atom. The van der Waals surface area contributed by atoms with Gasteiger partial charge < -0.3 is 16.4 Å². The van der Waals surface area contributed by atoms with Crippen LogP contribution in [0.25, 0.3) is 0 Å². The Kier molecular flexibility index (Phi) is 5.03. The number of carbonyl (C=O) groups is 2. The molecule has 2 amide bonds. The van der Waals surface area contributed by atoms with E-state index in [2.05, 4.69) is 10.6 Å². The third-order valence-electron chi connectivity index (χ3n) is 3.54. The standard InChI is InChI=1S/C14H19ClN4O2/c1-17-14(21)12-3-2-6-19(12)8-13(20)18-9-4-5-10(15)11(16)7-9/h4-5,7,12H,2-3,6,8,16H2,1H3,(H,17,21)(H,18,20). The molecular weight excluding hydrogens is 292 g/mol. The number of nitrogens with one attached hydrogen (secondary N) is 2. The van der Waals surface area contributed by atoms with Crippen molar-refractivity contribution in [3.63, 3.8) is 0 Å². The molecule has 7 heteroatoms. The van der Waals surface area contributed by atoms with E-state index in [1.54, 1.807) is 25.2 Å². The van der Waals surface area contributed by atoms with Gasteiger partial charge in [0.2, 0.25) is 11.8 Å². The lowest BCUT2D eigenvalue weighted by Crippen LogP contribution is -2.45. The zero-order valence-corrected chi connectivity index (χ0v) is 12.6. The molecule has 1 unspecified atom stereocenters. The van der Waals surface area contributed by atoms with E-state index in [1.165, 1.54) is 0 Å². The van der Waals surface area contributed by atoms with Crippen LogP contribution in [0.5, 0.6) is 0 Å². The normalized spacial score (nSPS) is 18.5.